The number of rotatable bonds is 6. The summed E-state index contributed by atoms with van der Waals surface area (Å²) in [6.07, 6.45) is 1.89. The summed E-state index contributed by atoms with van der Waals surface area (Å²) in [4.78, 5) is 12.4. The van der Waals surface area contributed by atoms with Gasteiger partial charge in [0, 0.05) is 8.07 Å². The molecule has 120 valence electrons. The topological polar surface area (TPSA) is 26.3 Å². The fraction of sp³-hybridized carbons (Fsp3) is 0.941. The van der Waals surface area contributed by atoms with Crippen LogP contribution in [0.2, 0.25) is 25.7 Å². The van der Waals surface area contributed by atoms with Crippen LogP contribution in [0.1, 0.15) is 54.4 Å². The highest BCUT2D eigenvalue weighted by Gasteiger charge is 2.35. The zero-order valence-electron chi connectivity index (χ0n) is 15.2. The summed E-state index contributed by atoms with van der Waals surface area (Å²) in [5.74, 6) is -0.0302. The van der Waals surface area contributed by atoms with Crippen molar-refractivity contribution in [1.82, 2.24) is 0 Å². The minimum Gasteiger partial charge on any atom is -0.465 e. The predicted octanol–water partition coefficient (Wildman–Crippen LogP) is 5.36. The van der Waals surface area contributed by atoms with Gasteiger partial charge in [0.25, 0.3) is 0 Å². The number of esters is 1. The molecule has 0 aliphatic carbocycles. The van der Waals surface area contributed by atoms with Crippen molar-refractivity contribution < 1.29 is 9.53 Å². The first-order valence-electron chi connectivity index (χ1n) is 7.89. The Labute approximate surface area is 127 Å². The molecule has 0 rings (SSSR count). The highest BCUT2D eigenvalue weighted by atomic mass is 28.3. The smallest absolute Gasteiger partial charge is 0.309 e. The summed E-state index contributed by atoms with van der Waals surface area (Å²) in [7, 11) is -1.02. The van der Waals surface area contributed by atoms with Crippen LogP contribution >= 0.6 is 0 Å². The van der Waals surface area contributed by atoms with Gasteiger partial charge in [-0.1, -0.05) is 67.2 Å². The standard InChI is InChI=1S/C17H36O2Si/c1-16(2,3)13-14(17(4,5)6)15(18)19-11-10-12-20(7,8)9/h14H,10-13H2,1-9H3. The van der Waals surface area contributed by atoms with E-state index in [9.17, 15) is 4.79 Å². The van der Waals surface area contributed by atoms with E-state index in [0.717, 1.165) is 12.8 Å². The molecule has 0 bridgehead atoms. The Morgan fingerprint density at radius 2 is 1.55 bits per heavy atom. The summed E-state index contributed by atoms with van der Waals surface area (Å²) >= 11 is 0. The molecule has 3 heteroatoms. The Balaban J connectivity index is 4.44. The maximum atomic E-state index is 12.4. The maximum Gasteiger partial charge on any atom is 0.309 e. The van der Waals surface area contributed by atoms with Gasteiger partial charge in [-0.15, -0.1) is 0 Å². The molecule has 1 unspecified atom stereocenters. The minimum atomic E-state index is -1.02. The fourth-order valence-corrected chi connectivity index (χ4v) is 3.44. The van der Waals surface area contributed by atoms with Crippen molar-refractivity contribution >= 4 is 14.0 Å². The van der Waals surface area contributed by atoms with Gasteiger partial charge in [-0.25, -0.2) is 0 Å². The largest absolute Gasteiger partial charge is 0.465 e. The lowest BCUT2D eigenvalue weighted by Crippen LogP contribution is -2.34. The summed E-state index contributed by atoms with van der Waals surface area (Å²) in [6, 6.07) is 1.22. The van der Waals surface area contributed by atoms with Gasteiger partial charge < -0.3 is 4.74 Å². The molecule has 0 radical (unpaired) electrons. The van der Waals surface area contributed by atoms with Crippen molar-refractivity contribution in [3.63, 3.8) is 0 Å². The molecule has 0 aromatic carbocycles. The first-order valence-corrected chi connectivity index (χ1v) is 11.6. The van der Waals surface area contributed by atoms with E-state index in [-0.39, 0.29) is 22.7 Å². The third-order valence-electron chi connectivity index (χ3n) is 3.46. The van der Waals surface area contributed by atoms with Gasteiger partial charge in [0.15, 0.2) is 0 Å². The Morgan fingerprint density at radius 3 is 1.90 bits per heavy atom. The molecular formula is C17H36O2Si. The lowest BCUT2D eigenvalue weighted by molar-refractivity contribution is -0.154. The van der Waals surface area contributed by atoms with Gasteiger partial charge in [-0.3, -0.25) is 4.79 Å². The third-order valence-corrected chi connectivity index (χ3v) is 5.32. The number of carbonyl (C=O) groups is 1. The van der Waals surface area contributed by atoms with Crippen LogP contribution in [0.15, 0.2) is 0 Å². The SMILES string of the molecule is CC(C)(C)CC(C(=O)OCCC[Si](C)(C)C)C(C)(C)C. The first-order chi connectivity index (χ1) is 8.72. The van der Waals surface area contributed by atoms with E-state index in [1.165, 1.54) is 6.04 Å². The van der Waals surface area contributed by atoms with Crippen LogP contribution in [-0.2, 0) is 9.53 Å². The van der Waals surface area contributed by atoms with E-state index in [4.69, 9.17) is 4.74 Å². The number of ether oxygens (including phenoxy) is 1. The van der Waals surface area contributed by atoms with Crippen molar-refractivity contribution in [2.45, 2.75) is 80.1 Å². The molecule has 0 N–H and O–H groups in total. The van der Waals surface area contributed by atoms with Crippen LogP contribution in [0.3, 0.4) is 0 Å². The maximum absolute atomic E-state index is 12.4. The predicted molar refractivity (Wildman–Crippen MR) is 90.7 cm³/mol. The summed E-state index contributed by atoms with van der Waals surface area (Å²) < 4.78 is 5.56. The van der Waals surface area contributed by atoms with Crippen molar-refractivity contribution in [1.29, 1.82) is 0 Å². The molecule has 20 heavy (non-hydrogen) atoms. The number of hydrogen-bond acceptors (Lipinski definition) is 2. The third kappa shape index (κ3) is 9.57. The van der Waals surface area contributed by atoms with Gasteiger partial charge in [0.05, 0.1) is 12.5 Å². The van der Waals surface area contributed by atoms with Crippen molar-refractivity contribution in [2.24, 2.45) is 16.7 Å². The molecule has 0 aliphatic rings. The van der Waals surface area contributed by atoms with Crippen LogP contribution in [-0.4, -0.2) is 20.7 Å². The molecule has 0 aromatic heterocycles. The van der Waals surface area contributed by atoms with Gasteiger partial charge in [0.1, 0.15) is 0 Å². The van der Waals surface area contributed by atoms with Crippen molar-refractivity contribution in [2.75, 3.05) is 6.61 Å². The molecule has 1 atom stereocenters. The normalized spacial score (nSPS) is 15.1. The second kappa shape index (κ2) is 7.10. The van der Waals surface area contributed by atoms with Gasteiger partial charge in [-0.05, 0) is 23.7 Å². The monoisotopic (exact) mass is 300 g/mol. The highest BCUT2D eigenvalue weighted by Crippen LogP contribution is 2.36. The van der Waals surface area contributed by atoms with E-state index in [1.54, 1.807) is 0 Å². The van der Waals surface area contributed by atoms with E-state index < -0.39 is 8.07 Å². The lowest BCUT2D eigenvalue weighted by Gasteiger charge is -2.33. The number of carbonyl (C=O) groups excluding carboxylic acids is 1. The van der Waals surface area contributed by atoms with Crippen LogP contribution in [0.4, 0.5) is 0 Å². The second-order valence-electron chi connectivity index (χ2n) is 9.52. The van der Waals surface area contributed by atoms with Gasteiger partial charge in [0.2, 0.25) is 0 Å². The van der Waals surface area contributed by atoms with E-state index in [0.29, 0.717) is 6.61 Å². The summed E-state index contributed by atoms with van der Waals surface area (Å²) in [6.45, 7) is 20.6. The van der Waals surface area contributed by atoms with Crippen LogP contribution in [0.25, 0.3) is 0 Å². The molecular weight excluding hydrogens is 264 g/mol. The van der Waals surface area contributed by atoms with Crippen molar-refractivity contribution in [3.05, 3.63) is 0 Å². The molecule has 0 amide bonds. The highest BCUT2D eigenvalue weighted by molar-refractivity contribution is 6.76. The average Bonchev–Trinajstić information content (AvgIpc) is 2.16. The molecule has 0 aromatic rings. The summed E-state index contributed by atoms with van der Waals surface area (Å²) in [5.41, 5.74) is 0.110. The summed E-state index contributed by atoms with van der Waals surface area (Å²) in [5, 5.41) is 0. The van der Waals surface area contributed by atoms with Crippen molar-refractivity contribution in [3.8, 4) is 0 Å². The first kappa shape index (κ1) is 19.7. The Morgan fingerprint density at radius 1 is 1.05 bits per heavy atom. The zero-order chi connectivity index (χ0) is 16.2. The molecule has 0 heterocycles. The molecule has 2 nitrogen and oxygen atoms in total. The van der Waals surface area contributed by atoms with Gasteiger partial charge >= 0.3 is 5.97 Å². The number of hydrogen-bond donors (Lipinski definition) is 0. The molecule has 0 spiro atoms. The lowest BCUT2D eigenvalue weighted by atomic mass is 9.72. The Bertz CT molecular complexity index is 302. The average molecular weight is 301 g/mol. The van der Waals surface area contributed by atoms with E-state index >= 15 is 0 Å². The molecule has 0 saturated heterocycles. The zero-order valence-corrected chi connectivity index (χ0v) is 16.2. The Kier molecular flexibility index (Phi) is 6.99. The van der Waals surface area contributed by atoms with Crippen LogP contribution < -0.4 is 0 Å². The molecule has 0 fully saturated rings. The van der Waals surface area contributed by atoms with Crippen LogP contribution in [0.5, 0.6) is 0 Å². The van der Waals surface area contributed by atoms with E-state index in [1.807, 2.05) is 0 Å². The van der Waals surface area contributed by atoms with E-state index in [2.05, 4.69) is 61.2 Å². The quantitative estimate of drug-likeness (QED) is 0.375. The fourth-order valence-electron chi connectivity index (χ4n) is 2.23. The molecule has 0 aliphatic heterocycles. The second-order valence-corrected chi connectivity index (χ2v) is 15.1. The molecule has 0 saturated carbocycles. The Hall–Kier alpha value is -0.313. The minimum absolute atomic E-state index is 0.0111. The van der Waals surface area contributed by atoms with Gasteiger partial charge in [-0.2, -0.15) is 0 Å². The van der Waals surface area contributed by atoms with Crippen LogP contribution in [0, 0.1) is 16.7 Å².